The molecule has 0 bridgehead atoms. The second-order valence-electron chi connectivity index (χ2n) is 5.85. The highest BCUT2D eigenvalue weighted by Gasteiger charge is 2.19. The third-order valence-corrected chi connectivity index (χ3v) is 4.60. The van der Waals surface area contributed by atoms with E-state index < -0.39 is 0 Å². The number of benzene rings is 2. The molecule has 1 fully saturated rings. The Hall–Kier alpha value is -1.53. The predicted molar refractivity (Wildman–Crippen MR) is 92.3 cm³/mol. The molecule has 1 aliphatic carbocycles. The zero-order chi connectivity index (χ0) is 14.5. The number of hydrogen-bond donors (Lipinski definition) is 0. The molecule has 0 nitrogen and oxygen atoms in total. The molecule has 108 valence electrons. The molecule has 0 unspecified atom stereocenters. The first-order valence-corrected chi connectivity index (χ1v) is 8.23. The van der Waals surface area contributed by atoms with Crippen molar-refractivity contribution in [3.05, 3.63) is 70.7 Å². The summed E-state index contributed by atoms with van der Waals surface area (Å²) in [5.74, 6) is 0.681. The number of allylic oxidation sites excluding steroid dienone is 1. The second-order valence-corrected chi connectivity index (χ2v) is 6.29. The molecule has 0 spiro atoms. The molecule has 0 radical (unpaired) electrons. The molecule has 0 atom stereocenters. The minimum atomic E-state index is 0.681. The topological polar surface area (TPSA) is 0 Å². The van der Waals surface area contributed by atoms with Gasteiger partial charge in [-0.15, -0.1) is 0 Å². The Kier molecular flexibility index (Phi) is 4.77. The summed E-state index contributed by atoms with van der Waals surface area (Å²) in [6.45, 7) is 0. The van der Waals surface area contributed by atoms with Crippen molar-refractivity contribution >= 4 is 23.3 Å². The average Bonchev–Trinajstić information content (AvgIpc) is 2.55. The van der Waals surface area contributed by atoms with Crippen LogP contribution in [0.5, 0.6) is 0 Å². The van der Waals surface area contributed by atoms with Gasteiger partial charge in [-0.1, -0.05) is 79.4 Å². The van der Waals surface area contributed by atoms with Gasteiger partial charge >= 0.3 is 0 Å². The van der Waals surface area contributed by atoms with E-state index in [-0.39, 0.29) is 0 Å². The smallest absolute Gasteiger partial charge is 0.0406 e. The molecular formula is C20H21Cl. The van der Waals surface area contributed by atoms with E-state index in [1.54, 1.807) is 0 Å². The summed E-state index contributed by atoms with van der Waals surface area (Å²) < 4.78 is 0. The van der Waals surface area contributed by atoms with Gasteiger partial charge in [-0.2, -0.15) is 0 Å². The van der Waals surface area contributed by atoms with Crippen molar-refractivity contribution in [2.45, 2.75) is 32.1 Å². The molecule has 1 aliphatic rings. The van der Waals surface area contributed by atoms with Gasteiger partial charge in [0.2, 0.25) is 0 Å². The largest absolute Gasteiger partial charge is 0.0843 e. The van der Waals surface area contributed by atoms with Gasteiger partial charge in [0.05, 0.1) is 0 Å². The highest BCUT2D eigenvalue weighted by molar-refractivity contribution is 6.30. The molecular weight excluding hydrogens is 276 g/mol. The van der Waals surface area contributed by atoms with Crippen molar-refractivity contribution in [2.75, 3.05) is 0 Å². The highest BCUT2D eigenvalue weighted by atomic mass is 35.5. The SMILES string of the molecule is Clc1ccc(/C(=C/c2ccccc2)C2CCCCC2)cc1. The summed E-state index contributed by atoms with van der Waals surface area (Å²) in [4.78, 5) is 0. The van der Waals surface area contributed by atoms with Crippen LogP contribution in [0, 0.1) is 5.92 Å². The molecule has 1 saturated carbocycles. The molecule has 0 amide bonds. The van der Waals surface area contributed by atoms with E-state index in [4.69, 9.17) is 11.6 Å². The molecule has 0 heterocycles. The molecule has 0 aliphatic heterocycles. The molecule has 0 saturated heterocycles. The van der Waals surface area contributed by atoms with Gasteiger partial charge in [0.15, 0.2) is 0 Å². The summed E-state index contributed by atoms with van der Waals surface area (Å²) in [7, 11) is 0. The maximum atomic E-state index is 6.04. The quantitative estimate of drug-likeness (QED) is 0.570. The van der Waals surface area contributed by atoms with Crippen molar-refractivity contribution < 1.29 is 0 Å². The minimum absolute atomic E-state index is 0.681. The van der Waals surface area contributed by atoms with Crippen molar-refractivity contribution in [2.24, 2.45) is 5.92 Å². The fraction of sp³-hybridized carbons (Fsp3) is 0.300. The Morgan fingerprint density at radius 3 is 2.19 bits per heavy atom. The van der Waals surface area contributed by atoms with Crippen LogP contribution in [0.4, 0.5) is 0 Å². The molecule has 2 aromatic carbocycles. The van der Waals surface area contributed by atoms with Gasteiger partial charge in [-0.05, 0) is 47.6 Å². The first-order valence-electron chi connectivity index (χ1n) is 7.85. The Morgan fingerprint density at radius 2 is 1.52 bits per heavy atom. The third kappa shape index (κ3) is 3.77. The maximum absolute atomic E-state index is 6.04. The first-order chi connectivity index (χ1) is 10.3. The summed E-state index contributed by atoms with van der Waals surface area (Å²) in [5, 5.41) is 0.807. The van der Waals surface area contributed by atoms with Gasteiger partial charge in [-0.25, -0.2) is 0 Å². The van der Waals surface area contributed by atoms with Crippen molar-refractivity contribution in [1.82, 2.24) is 0 Å². The second kappa shape index (κ2) is 6.95. The lowest BCUT2D eigenvalue weighted by atomic mass is 9.80. The Morgan fingerprint density at radius 1 is 0.857 bits per heavy atom. The van der Waals surface area contributed by atoms with Crippen LogP contribution in [-0.2, 0) is 0 Å². The molecule has 2 aromatic rings. The summed E-state index contributed by atoms with van der Waals surface area (Å²) in [6, 6.07) is 18.9. The van der Waals surface area contributed by atoms with Gasteiger partial charge in [-0.3, -0.25) is 0 Å². The predicted octanol–water partition coefficient (Wildman–Crippen LogP) is 6.46. The first kappa shape index (κ1) is 14.4. The van der Waals surface area contributed by atoms with E-state index >= 15 is 0 Å². The van der Waals surface area contributed by atoms with Crippen molar-refractivity contribution in [3.8, 4) is 0 Å². The van der Waals surface area contributed by atoms with Crippen LogP contribution in [-0.4, -0.2) is 0 Å². The number of hydrogen-bond acceptors (Lipinski definition) is 0. The van der Waals surface area contributed by atoms with Crippen molar-refractivity contribution in [1.29, 1.82) is 0 Å². The summed E-state index contributed by atoms with van der Waals surface area (Å²) >= 11 is 6.04. The molecule has 0 aromatic heterocycles. The van der Waals surface area contributed by atoms with Gasteiger partial charge in [0.1, 0.15) is 0 Å². The van der Waals surface area contributed by atoms with E-state index in [1.165, 1.54) is 48.8 Å². The normalized spacial score (nSPS) is 16.9. The average molecular weight is 297 g/mol. The highest BCUT2D eigenvalue weighted by Crippen LogP contribution is 2.36. The molecule has 3 rings (SSSR count). The third-order valence-electron chi connectivity index (χ3n) is 4.34. The van der Waals surface area contributed by atoms with Crippen LogP contribution >= 0.6 is 11.6 Å². The van der Waals surface area contributed by atoms with E-state index in [1.807, 2.05) is 12.1 Å². The van der Waals surface area contributed by atoms with Crippen LogP contribution in [0.2, 0.25) is 5.02 Å². The zero-order valence-electron chi connectivity index (χ0n) is 12.3. The van der Waals surface area contributed by atoms with E-state index in [9.17, 15) is 0 Å². The lowest BCUT2D eigenvalue weighted by molar-refractivity contribution is 0.430. The fourth-order valence-electron chi connectivity index (χ4n) is 3.22. The summed E-state index contributed by atoms with van der Waals surface area (Å²) in [5.41, 5.74) is 4.07. The molecule has 21 heavy (non-hydrogen) atoms. The zero-order valence-corrected chi connectivity index (χ0v) is 13.0. The van der Waals surface area contributed by atoms with Crippen molar-refractivity contribution in [3.63, 3.8) is 0 Å². The summed E-state index contributed by atoms with van der Waals surface area (Å²) in [6.07, 6.45) is 9.06. The van der Waals surface area contributed by atoms with Crippen LogP contribution < -0.4 is 0 Å². The van der Waals surface area contributed by atoms with Crippen LogP contribution in [0.3, 0.4) is 0 Å². The van der Waals surface area contributed by atoms with Gasteiger partial charge < -0.3 is 0 Å². The lowest BCUT2D eigenvalue weighted by Crippen LogP contribution is -2.08. The Bertz CT molecular complexity index is 589. The standard InChI is InChI=1S/C20H21Cl/c21-19-13-11-18(12-14-19)20(17-9-5-2-6-10-17)15-16-7-3-1-4-8-16/h1,3-4,7-8,11-15,17H,2,5-6,9-10H2/b20-15+. The number of rotatable bonds is 3. The minimum Gasteiger partial charge on any atom is -0.0843 e. The van der Waals surface area contributed by atoms with E-state index in [0.29, 0.717) is 5.92 Å². The van der Waals surface area contributed by atoms with Crippen LogP contribution in [0.25, 0.3) is 11.6 Å². The maximum Gasteiger partial charge on any atom is 0.0406 e. The molecule has 1 heteroatoms. The van der Waals surface area contributed by atoms with Crippen LogP contribution in [0.1, 0.15) is 43.2 Å². The molecule has 0 N–H and O–H groups in total. The van der Waals surface area contributed by atoms with Crippen LogP contribution in [0.15, 0.2) is 54.6 Å². The van der Waals surface area contributed by atoms with Gasteiger partial charge in [0, 0.05) is 5.02 Å². The number of halogens is 1. The fourth-order valence-corrected chi connectivity index (χ4v) is 3.35. The van der Waals surface area contributed by atoms with E-state index in [2.05, 4.69) is 48.5 Å². The monoisotopic (exact) mass is 296 g/mol. The Labute approximate surface area is 132 Å². The van der Waals surface area contributed by atoms with Gasteiger partial charge in [0.25, 0.3) is 0 Å². The Balaban J connectivity index is 1.97. The van der Waals surface area contributed by atoms with E-state index in [0.717, 1.165) is 5.02 Å². The lowest BCUT2D eigenvalue weighted by Gasteiger charge is -2.25.